The van der Waals surface area contributed by atoms with Gasteiger partial charge in [0.05, 0.1) is 7.11 Å². The predicted molar refractivity (Wildman–Crippen MR) is 64.5 cm³/mol. The molecule has 0 aliphatic carbocycles. The molecule has 1 aromatic heterocycles. The Balaban J connectivity index is 2.72. The number of methoxy groups -OCH3 is 1. The van der Waals surface area contributed by atoms with Crippen LogP contribution in [0.2, 0.25) is 0 Å². The molecule has 0 aliphatic heterocycles. The zero-order valence-electron chi connectivity index (χ0n) is 9.15. The minimum Gasteiger partial charge on any atom is -0.490 e. The van der Waals surface area contributed by atoms with Crippen molar-refractivity contribution in [3.8, 4) is 5.75 Å². The van der Waals surface area contributed by atoms with Crippen LogP contribution in [0.1, 0.15) is 6.92 Å². The standard InChI is InChI=1S/C9H16N4OS/c1-6(15-3)4-11-9-7(14-2)8(10)12-5-13-9/h5-6H,4H2,1-3H3,(H3,10,11,12,13). The zero-order valence-corrected chi connectivity index (χ0v) is 9.97. The molecule has 1 aromatic rings. The number of hydrogen-bond acceptors (Lipinski definition) is 6. The van der Waals surface area contributed by atoms with Gasteiger partial charge in [-0.1, -0.05) is 6.92 Å². The quantitative estimate of drug-likeness (QED) is 0.789. The van der Waals surface area contributed by atoms with E-state index in [2.05, 4.69) is 28.5 Å². The van der Waals surface area contributed by atoms with Crippen LogP contribution in [-0.2, 0) is 0 Å². The molecule has 1 rings (SSSR count). The highest BCUT2D eigenvalue weighted by Gasteiger charge is 2.09. The first-order valence-electron chi connectivity index (χ1n) is 4.60. The average molecular weight is 228 g/mol. The van der Waals surface area contributed by atoms with Gasteiger partial charge < -0.3 is 15.8 Å². The summed E-state index contributed by atoms with van der Waals surface area (Å²) in [7, 11) is 1.55. The third-order valence-electron chi connectivity index (χ3n) is 1.99. The number of nitrogens with two attached hydrogens (primary N) is 1. The first-order chi connectivity index (χ1) is 7.19. The van der Waals surface area contributed by atoms with Crippen LogP contribution in [0.5, 0.6) is 5.75 Å². The maximum absolute atomic E-state index is 5.65. The van der Waals surface area contributed by atoms with Crippen molar-refractivity contribution in [3.05, 3.63) is 6.33 Å². The zero-order chi connectivity index (χ0) is 11.3. The van der Waals surface area contributed by atoms with E-state index in [4.69, 9.17) is 10.5 Å². The van der Waals surface area contributed by atoms with Gasteiger partial charge in [-0.3, -0.25) is 0 Å². The lowest BCUT2D eigenvalue weighted by Crippen LogP contribution is -2.15. The first kappa shape index (κ1) is 11.9. The van der Waals surface area contributed by atoms with E-state index in [0.29, 0.717) is 22.6 Å². The van der Waals surface area contributed by atoms with Crippen molar-refractivity contribution in [2.45, 2.75) is 12.2 Å². The summed E-state index contributed by atoms with van der Waals surface area (Å²) in [4.78, 5) is 7.93. The fourth-order valence-corrected chi connectivity index (χ4v) is 1.29. The van der Waals surface area contributed by atoms with Gasteiger partial charge in [0.25, 0.3) is 0 Å². The Morgan fingerprint density at radius 3 is 2.93 bits per heavy atom. The minimum absolute atomic E-state index is 0.354. The molecular formula is C9H16N4OS. The highest BCUT2D eigenvalue weighted by Crippen LogP contribution is 2.26. The molecule has 6 heteroatoms. The number of nitrogens with one attached hydrogen (secondary N) is 1. The average Bonchev–Trinajstić information content (AvgIpc) is 2.25. The second-order valence-corrected chi connectivity index (χ2v) is 4.34. The molecule has 1 unspecified atom stereocenters. The summed E-state index contributed by atoms with van der Waals surface area (Å²) in [5, 5.41) is 3.68. The molecule has 0 amide bonds. The Morgan fingerprint density at radius 2 is 2.33 bits per heavy atom. The van der Waals surface area contributed by atoms with Crippen molar-refractivity contribution < 1.29 is 4.74 Å². The van der Waals surface area contributed by atoms with Crippen molar-refractivity contribution in [2.75, 3.05) is 31.0 Å². The van der Waals surface area contributed by atoms with E-state index in [0.717, 1.165) is 6.54 Å². The lowest BCUT2D eigenvalue weighted by molar-refractivity contribution is 0.415. The van der Waals surface area contributed by atoms with Gasteiger partial charge in [0, 0.05) is 11.8 Å². The Morgan fingerprint density at radius 1 is 1.60 bits per heavy atom. The van der Waals surface area contributed by atoms with Gasteiger partial charge in [0.1, 0.15) is 6.33 Å². The maximum atomic E-state index is 5.65. The molecule has 0 fully saturated rings. The second-order valence-electron chi connectivity index (χ2n) is 3.07. The summed E-state index contributed by atoms with van der Waals surface area (Å²) in [6.07, 6.45) is 3.49. The van der Waals surface area contributed by atoms with Gasteiger partial charge in [0.2, 0.25) is 5.75 Å². The monoisotopic (exact) mass is 228 g/mol. The molecule has 0 bridgehead atoms. The molecule has 1 atom stereocenters. The molecule has 0 radical (unpaired) electrons. The van der Waals surface area contributed by atoms with E-state index in [1.165, 1.54) is 6.33 Å². The molecule has 15 heavy (non-hydrogen) atoms. The number of nitrogens with zero attached hydrogens (tertiary/aromatic N) is 2. The van der Waals surface area contributed by atoms with Crippen LogP contribution in [0.3, 0.4) is 0 Å². The molecule has 0 spiro atoms. The molecule has 1 heterocycles. The Bertz CT molecular complexity index is 321. The van der Waals surface area contributed by atoms with Crippen LogP contribution in [0, 0.1) is 0 Å². The third kappa shape index (κ3) is 3.16. The highest BCUT2D eigenvalue weighted by atomic mass is 32.2. The first-order valence-corrected chi connectivity index (χ1v) is 5.89. The molecule has 0 aliphatic rings. The van der Waals surface area contributed by atoms with Gasteiger partial charge in [-0.25, -0.2) is 9.97 Å². The van der Waals surface area contributed by atoms with E-state index in [9.17, 15) is 0 Å². The molecule has 5 nitrogen and oxygen atoms in total. The van der Waals surface area contributed by atoms with Crippen LogP contribution in [0.4, 0.5) is 11.6 Å². The van der Waals surface area contributed by atoms with E-state index in [1.54, 1.807) is 18.9 Å². The minimum atomic E-state index is 0.354. The summed E-state index contributed by atoms with van der Waals surface area (Å²) in [6, 6.07) is 0. The highest BCUT2D eigenvalue weighted by molar-refractivity contribution is 7.99. The van der Waals surface area contributed by atoms with Crippen molar-refractivity contribution in [1.29, 1.82) is 0 Å². The summed E-state index contributed by atoms with van der Waals surface area (Å²) in [5.41, 5.74) is 5.65. The number of thioether (sulfide) groups is 1. The van der Waals surface area contributed by atoms with Crippen molar-refractivity contribution >= 4 is 23.4 Å². The van der Waals surface area contributed by atoms with Gasteiger partial charge in [-0.05, 0) is 6.26 Å². The fraction of sp³-hybridized carbons (Fsp3) is 0.556. The molecular weight excluding hydrogens is 212 g/mol. The summed E-state index contributed by atoms with van der Waals surface area (Å²) in [6.45, 7) is 2.95. The molecule has 84 valence electrons. The second kappa shape index (κ2) is 5.65. The van der Waals surface area contributed by atoms with Crippen molar-refractivity contribution in [3.63, 3.8) is 0 Å². The topological polar surface area (TPSA) is 73.1 Å². The number of anilines is 2. The van der Waals surface area contributed by atoms with E-state index < -0.39 is 0 Å². The SMILES string of the molecule is COc1c(N)ncnc1NCC(C)SC. The fourth-order valence-electron chi connectivity index (χ4n) is 1.04. The van der Waals surface area contributed by atoms with E-state index in [-0.39, 0.29) is 0 Å². The Kier molecular flexibility index (Phi) is 4.48. The van der Waals surface area contributed by atoms with Crippen LogP contribution in [-0.4, -0.2) is 35.1 Å². The maximum Gasteiger partial charge on any atom is 0.203 e. The van der Waals surface area contributed by atoms with Crippen LogP contribution in [0.15, 0.2) is 6.33 Å². The van der Waals surface area contributed by atoms with Crippen LogP contribution in [0.25, 0.3) is 0 Å². The Labute approximate surface area is 93.8 Å². The molecule has 0 aromatic carbocycles. The normalized spacial score (nSPS) is 12.2. The van der Waals surface area contributed by atoms with Crippen LogP contribution >= 0.6 is 11.8 Å². The van der Waals surface area contributed by atoms with Crippen molar-refractivity contribution in [2.24, 2.45) is 0 Å². The van der Waals surface area contributed by atoms with Gasteiger partial charge in [0.15, 0.2) is 11.6 Å². The summed E-state index contributed by atoms with van der Waals surface area (Å²) < 4.78 is 5.12. The van der Waals surface area contributed by atoms with E-state index >= 15 is 0 Å². The molecule has 0 saturated carbocycles. The van der Waals surface area contributed by atoms with Gasteiger partial charge in [-0.2, -0.15) is 11.8 Å². The predicted octanol–water partition coefficient (Wildman–Crippen LogP) is 1.23. The summed E-state index contributed by atoms with van der Waals surface area (Å²) >= 11 is 1.78. The largest absolute Gasteiger partial charge is 0.490 e. The lowest BCUT2D eigenvalue weighted by atomic mass is 10.4. The van der Waals surface area contributed by atoms with Gasteiger partial charge >= 0.3 is 0 Å². The van der Waals surface area contributed by atoms with E-state index in [1.807, 2.05) is 0 Å². The van der Waals surface area contributed by atoms with Crippen molar-refractivity contribution in [1.82, 2.24) is 9.97 Å². The molecule has 3 N–H and O–H groups in total. The number of hydrogen-bond donors (Lipinski definition) is 2. The number of ether oxygens (including phenoxy) is 1. The summed E-state index contributed by atoms with van der Waals surface area (Å²) in [5.74, 6) is 1.50. The third-order valence-corrected chi connectivity index (χ3v) is 2.97. The van der Waals surface area contributed by atoms with Gasteiger partial charge in [-0.15, -0.1) is 0 Å². The smallest absolute Gasteiger partial charge is 0.203 e. The molecule has 0 saturated heterocycles. The lowest BCUT2D eigenvalue weighted by Gasteiger charge is -2.13. The number of aromatic nitrogens is 2. The van der Waals surface area contributed by atoms with Crippen LogP contribution < -0.4 is 15.8 Å². The number of rotatable bonds is 5. The Hall–Kier alpha value is -1.17. The number of nitrogen functional groups attached to an aromatic ring is 1.